The Balaban J connectivity index is 2.15. The van der Waals surface area contributed by atoms with E-state index in [1.807, 2.05) is 0 Å². The molecule has 160 valence electrons. The van der Waals surface area contributed by atoms with Crippen molar-refractivity contribution in [3.05, 3.63) is 52.6 Å². The lowest BCUT2D eigenvalue weighted by Crippen LogP contribution is -2.22. The van der Waals surface area contributed by atoms with Crippen molar-refractivity contribution in [2.45, 2.75) is 50.8 Å². The van der Waals surface area contributed by atoms with Crippen LogP contribution in [-0.4, -0.2) is 37.0 Å². The Labute approximate surface area is 177 Å². The highest BCUT2D eigenvalue weighted by atomic mass is 32.2. The van der Waals surface area contributed by atoms with E-state index in [0.29, 0.717) is 22.3 Å². The van der Waals surface area contributed by atoms with Crippen molar-refractivity contribution in [2.24, 2.45) is 0 Å². The van der Waals surface area contributed by atoms with Crippen molar-refractivity contribution >= 4 is 28.7 Å². The highest BCUT2D eigenvalue weighted by Crippen LogP contribution is 2.35. The van der Waals surface area contributed by atoms with Crippen LogP contribution in [0.4, 0.5) is 5.69 Å². The lowest BCUT2D eigenvalue weighted by Gasteiger charge is -2.26. The third-order valence-corrected chi connectivity index (χ3v) is 6.03. The number of aryl methyl sites for hydroxylation is 1. The zero-order valence-corrected chi connectivity index (χ0v) is 17.5. The molecule has 0 spiro atoms. The van der Waals surface area contributed by atoms with E-state index in [1.54, 1.807) is 31.2 Å². The van der Waals surface area contributed by atoms with E-state index in [4.69, 9.17) is 0 Å². The number of carbonyl (C=O) groups is 2. The average Bonchev–Trinajstić information content (AvgIpc) is 2.68. The summed E-state index contributed by atoms with van der Waals surface area (Å²) in [5.41, 5.74) is 2.56. The van der Waals surface area contributed by atoms with Crippen LogP contribution < -0.4 is 5.32 Å². The summed E-state index contributed by atoms with van der Waals surface area (Å²) in [6, 6.07) is 8.27. The molecule has 1 atom stereocenters. The van der Waals surface area contributed by atoms with Gasteiger partial charge in [0, 0.05) is 17.3 Å². The third kappa shape index (κ3) is 5.06. The van der Waals surface area contributed by atoms with Gasteiger partial charge in [0.1, 0.15) is 0 Å². The standard InChI is InChI=1S/C22H25NO6S/c1-13-9-17(19(22(26)27)11-16(13)21(24)25)18-10-14(12-30(28)29)7-8-20(18)23-15-5-3-2-4-6-15/h7-11,15,23H,2-6,12H2,1H3,(H,24,25)(H,26,27)(H,28,29). The maximum Gasteiger partial charge on any atom is 0.336 e. The highest BCUT2D eigenvalue weighted by molar-refractivity contribution is 7.78. The number of benzene rings is 2. The van der Waals surface area contributed by atoms with Gasteiger partial charge in [-0.15, -0.1) is 0 Å². The number of carboxylic acid groups (broad SMARTS) is 2. The largest absolute Gasteiger partial charge is 0.478 e. The van der Waals surface area contributed by atoms with Crippen LogP contribution in [0.15, 0.2) is 30.3 Å². The average molecular weight is 432 g/mol. The van der Waals surface area contributed by atoms with Crippen molar-refractivity contribution < 1.29 is 28.6 Å². The zero-order valence-electron chi connectivity index (χ0n) is 16.7. The van der Waals surface area contributed by atoms with E-state index in [9.17, 15) is 28.6 Å². The molecule has 1 aliphatic carbocycles. The fourth-order valence-electron chi connectivity index (χ4n) is 3.98. The van der Waals surface area contributed by atoms with E-state index in [1.165, 1.54) is 12.5 Å². The van der Waals surface area contributed by atoms with Crippen molar-refractivity contribution in [3.8, 4) is 11.1 Å². The number of nitrogens with one attached hydrogen (secondary N) is 1. The molecule has 8 heteroatoms. The smallest absolute Gasteiger partial charge is 0.336 e. The summed E-state index contributed by atoms with van der Waals surface area (Å²) >= 11 is -2.04. The molecule has 1 unspecified atom stereocenters. The van der Waals surface area contributed by atoms with Crippen molar-refractivity contribution in [2.75, 3.05) is 5.32 Å². The lowest BCUT2D eigenvalue weighted by atomic mass is 9.91. The van der Waals surface area contributed by atoms with Gasteiger partial charge in [-0.1, -0.05) is 25.3 Å². The second-order valence-corrected chi connectivity index (χ2v) is 8.58. The summed E-state index contributed by atoms with van der Waals surface area (Å²) in [4.78, 5) is 23.4. The van der Waals surface area contributed by atoms with E-state index in [0.717, 1.165) is 31.4 Å². The number of carboxylic acids is 2. The molecule has 0 aromatic heterocycles. The molecule has 0 bridgehead atoms. The SMILES string of the molecule is Cc1cc(-c2cc(CS(=O)O)ccc2NC2CCCCC2)c(C(=O)O)cc1C(=O)O. The zero-order chi connectivity index (χ0) is 21.8. The number of hydrogen-bond acceptors (Lipinski definition) is 4. The van der Waals surface area contributed by atoms with Gasteiger partial charge in [-0.05, 0) is 60.7 Å². The Hall–Kier alpha value is -2.71. The number of hydrogen-bond donors (Lipinski definition) is 4. The molecule has 30 heavy (non-hydrogen) atoms. The molecule has 1 saturated carbocycles. The molecule has 0 radical (unpaired) electrons. The molecule has 1 fully saturated rings. The van der Waals surface area contributed by atoms with Gasteiger partial charge in [-0.2, -0.15) is 0 Å². The first kappa shape index (κ1) is 22.0. The van der Waals surface area contributed by atoms with Crippen molar-refractivity contribution in [3.63, 3.8) is 0 Å². The normalized spacial score (nSPS) is 15.5. The van der Waals surface area contributed by atoms with Gasteiger partial charge >= 0.3 is 11.9 Å². The topological polar surface area (TPSA) is 124 Å². The van der Waals surface area contributed by atoms with Crippen LogP contribution in [0.2, 0.25) is 0 Å². The molecule has 2 aromatic rings. The summed E-state index contributed by atoms with van der Waals surface area (Å²) in [7, 11) is 0. The first-order chi connectivity index (χ1) is 14.3. The van der Waals surface area contributed by atoms with Gasteiger partial charge in [-0.3, -0.25) is 0 Å². The van der Waals surface area contributed by atoms with Crippen LogP contribution in [-0.2, 0) is 16.8 Å². The molecular formula is C22H25NO6S. The van der Waals surface area contributed by atoms with Gasteiger partial charge in [0.15, 0.2) is 11.1 Å². The minimum absolute atomic E-state index is 0.0643. The van der Waals surface area contributed by atoms with E-state index < -0.39 is 23.0 Å². The fraction of sp³-hybridized carbons (Fsp3) is 0.364. The molecule has 7 nitrogen and oxygen atoms in total. The summed E-state index contributed by atoms with van der Waals surface area (Å²) in [5.74, 6) is -2.50. The minimum atomic E-state index is -2.04. The van der Waals surface area contributed by atoms with Crippen LogP contribution in [0.25, 0.3) is 11.1 Å². The second kappa shape index (κ2) is 9.40. The summed E-state index contributed by atoms with van der Waals surface area (Å²) in [6.07, 6.45) is 5.49. The van der Waals surface area contributed by atoms with Gasteiger partial charge in [0.05, 0.1) is 16.9 Å². The maximum atomic E-state index is 11.9. The van der Waals surface area contributed by atoms with Crippen molar-refractivity contribution in [1.82, 2.24) is 0 Å². The fourth-order valence-corrected chi connectivity index (χ4v) is 4.44. The first-order valence-electron chi connectivity index (χ1n) is 9.84. The predicted molar refractivity (Wildman–Crippen MR) is 116 cm³/mol. The Morgan fingerprint density at radius 3 is 2.27 bits per heavy atom. The Morgan fingerprint density at radius 2 is 1.67 bits per heavy atom. The number of aromatic carboxylic acids is 2. The van der Waals surface area contributed by atoms with Crippen LogP contribution >= 0.6 is 0 Å². The number of anilines is 1. The molecule has 0 saturated heterocycles. The van der Waals surface area contributed by atoms with Crippen LogP contribution in [0.5, 0.6) is 0 Å². The van der Waals surface area contributed by atoms with Gasteiger partial charge in [-0.25, -0.2) is 13.8 Å². The summed E-state index contributed by atoms with van der Waals surface area (Å²) in [6.45, 7) is 1.62. The van der Waals surface area contributed by atoms with Crippen LogP contribution in [0, 0.1) is 6.92 Å². The molecule has 0 amide bonds. The van der Waals surface area contributed by atoms with Crippen LogP contribution in [0.3, 0.4) is 0 Å². The molecule has 4 N–H and O–H groups in total. The third-order valence-electron chi connectivity index (χ3n) is 5.45. The Bertz CT molecular complexity index is 997. The molecule has 3 rings (SSSR count). The van der Waals surface area contributed by atoms with Gasteiger partial charge in [0.25, 0.3) is 0 Å². The Kier molecular flexibility index (Phi) is 6.89. The molecular weight excluding hydrogens is 406 g/mol. The monoisotopic (exact) mass is 431 g/mol. The Morgan fingerprint density at radius 1 is 1.00 bits per heavy atom. The van der Waals surface area contributed by atoms with Crippen molar-refractivity contribution in [1.29, 1.82) is 0 Å². The van der Waals surface area contributed by atoms with E-state index in [-0.39, 0.29) is 22.9 Å². The first-order valence-corrected chi connectivity index (χ1v) is 11.1. The maximum absolute atomic E-state index is 11.9. The summed E-state index contributed by atoms with van der Waals surface area (Å²) < 4.78 is 20.6. The second-order valence-electron chi connectivity index (χ2n) is 7.65. The van der Waals surface area contributed by atoms with E-state index >= 15 is 0 Å². The molecule has 1 aliphatic rings. The highest BCUT2D eigenvalue weighted by Gasteiger charge is 2.22. The van der Waals surface area contributed by atoms with Crippen LogP contribution in [0.1, 0.15) is 63.9 Å². The number of rotatable bonds is 7. The minimum Gasteiger partial charge on any atom is -0.478 e. The predicted octanol–water partition coefficient (Wildman–Crippen LogP) is 4.52. The lowest BCUT2D eigenvalue weighted by molar-refractivity contribution is 0.0695. The van der Waals surface area contributed by atoms with Gasteiger partial charge < -0.3 is 20.1 Å². The van der Waals surface area contributed by atoms with E-state index in [2.05, 4.69) is 5.32 Å². The quantitative estimate of drug-likeness (QED) is 0.475. The molecule has 2 aromatic carbocycles. The summed E-state index contributed by atoms with van der Waals surface area (Å²) in [5, 5.41) is 22.6. The molecule has 0 aliphatic heterocycles. The molecule has 0 heterocycles. The van der Waals surface area contributed by atoms with Gasteiger partial charge in [0.2, 0.25) is 0 Å².